The standard InChI is InChI=1S/C14H22N4O4/c1-4-18(13(19)9(2)15-14(20)21-3)8-11-16-12(22-17-11)10-6-5-7-10/h9-10H,4-8H2,1-3H3,(H,15,20)/t9-/m1/s1. The van der Waals surface area contributed by atoms with Crippen LogP contribution in [0.3, 0.4) is 0 Å². The number of rotatable bonds is 6. The van der Waals surface area contributed by atoms with Crippen molar-refractivity contribution in [2.75, 3.05) is 13.7 Å². The second-order valence-electron chi connectivity index (χ2n) is 5.39. The smallest absolute Gasteiger partial charge is 0.407 e. The van der Waals surface area contributed by atoms with Gasteiger partial charge in [0.2, 0.25) is 11.8 Å². The maximum atomic E-state index is 12.3. The lowest BCUT2D eigenvalue weighted by Crippen LogP contribution is -2.46. The molecule has 0 unspecified atom stereocenters. The van der Waals surface area contributed by atoms with Gasteiger partial charge in [-0.2, -0.15) is 4.98 Å². The monoisotopic (exact) mass is 310 g/mol. The second kappa shape index (κ2) is 7.24. The Balaban J connectivity index is 1.94. The van der Waals surface area contributed by atoms with Crippen LogP contribution < -0.4 is 5.32 Å². The molecule has 1 aromatic heterocycles. The van der Waals surface area contributed by atoms with Crippen molar-refractivity contribution >= 4 is 12.0 Å². The number of nitrogens with one attached hydrogen (secondary N) is 1. The van der Waals surface area contributed by atoms with Crippen molar-refractivity contribution in [2.45, 2.75) is 51.6 Å². The molecule has 1 saturated carbocycles. The first-order chi connectivity index (χ1) is 10.5. The van der Waals surface area contributed by atoms with Crippen LogP contribution in [0.15, 0.2) is 4.52 Å². The molecule has 1 aliphatic carbocycles. The Morgan fingerprint density at radius 2 is 2.23 bits per heavy atom. The highest BCUT2D eigenvalue weighted by Gasteiger charge is 2.27. The zero-order valence-electron chi connectivity index (χ0n) is 13.2. The molecule has 1 heterocycles. The van der Waals surface area contributed by atoms with Crippen molar-refractivity contribution in [3.63, 3.8) is 0 Å². The van der Waals surface area contributed by atoms with Gasteiger partial charge in [-0.05, 0) is 26.7 Å². The number of aromatic nitrogens is 2. The molecule has 1 atom stereocenters. The molecule has 22 heavy (non-hydrogen) atoms. The highest BCUT2D eigenvalue weighted by Crippen LogP contribution is 2.35. The fourth-order valence-corrected chi connectivity index (χ4v) is 2.24. The first-order valence-corrected chi connectivity index (χ1v) is 7.50. The summed E-state index contributed by atoms with van der Waals surface area (Å²) >= 11 is 0. The van der Waals surface area contributed by atoms with Crippen molar-refractivity contribution in [2.24, 2.45) is 0 Å². The van der Waals surface area contributed by atoms with Crippen LogP contribution in [-0.2, 0) is 16.1 Å². The van der Waals surface area contributed by atoms with Gasteiger partial charge < -0.3 is 19.5 Å². The number of hydrogen-bond donors (Lipinski definition) is 1. The van der Waals surface area contributed by atoms with Gasteiger partial charge in [-0.25, -0.2) is 4.79 Å². The summed E-state index contributed by atoms with van der Waals surface area (Å²) in [7, 11) is 1.26. The number of methoxy groups -OCH3 is 1. The maximum Gasteiger partial charge on any atom is 0.407 e. The molecule has 2 rings (SSSR count). The predicted molar refractivity (Wildman–Crippen MR) is 77.0 cm³/mol. The van der Waals surface area contributed by atoms with E-state index in [-0.39, 0.29) is 12.5 Å². The fraction of sp³-hybridized carbons (Fsp3) is 0.714. The lowest BCUT2D eigenvalue weighted by atomic mass is 9.85. The first-order valence-electron chi connectivity index (χ1n) is 7.50. The number of carbonyl (C=O) groups excluding carboxylic acids is 2. The third kappa shape index (κ3) is 3.75. The molecule has 0 aliphatic heterocycles. The van der Waals surface area contributed by atoms with E-state index >= 15 is 0 Å². The van der Waals surface area contributed by atoms with Gasteiger partial charge in [-0.1, -0.05) is 11.6 Å². The first kappa shape index (κ1) is 16.3. The topological polar surface area (TPSA) is 97.6 Å². The Bertz CT molecular complexity index is 527. The molecule has 0 radical (unpaired) electrons. The number of carbonyl (C=O) groups is 2. The van der Waals surface area contributed by atoms with E-state index in [1.54, 1.807) is 11.8 Å². The average molecular weight is 310 g/mol. The van der Waals surface area contributed by atoms with Crippen LogP contribution in [0.1, 0.15) is 50.7 Å². The minimum absolute atomic E-state index is 0.220. The molecule has 1 N–H and O–H groups in total. The summed E-state index contributed by atoms with van der Waals surface area (Å²) < 4.78 is 9.74. The summed E-state index contributed by atoms with van der Waals surface area (Å²) in [5, 5.41) is 6.39. The van der Waals surface area contributed by atoms with Crippen molar-refractivity contribution in [3.05, 3.63) is 11.7 Å². The lowest BCUT2D eigenvalue weighted by molar-refractivity contribution is -0.133. The van der Waals surface area contributed by atoms with Crippen molar-refractivity contribution in [1.82, 2.24) is 20.4 Å². The SMILES string of the molecule is CCN(Cc1noc(C2CCC2)n1)C(=O)[C@@H](C)NC(=O)OC. The molecule has 1 aliphatic rings. The van der Waals surface area contributed by atoms with Gasteiger partial charge in [0.1, 0.15) is 6.04 Å². The summed E-state index contributed by atoms with van der Waals surface area (Å²) in [5.41, 5.74) is 0. The van der Waals surface area contributed by atoms with Gasteiger partial charge in [0.15, 0.2) is 5.82 Å². The number of alkyl carbamates (subject to hydrolysis) is 1. The number of nitrogens with zero attached hydrogens (tertiary/aromatic N) is 3. The Kier molecular flexibility index (Phi) is 5.35. The van der Waals surface area contributed by atoms with Crippen LogP contribution in [0.25, 0.3) is 0 Å². The van der Waals surface area contributed by atoms with Crippen LogP contribution >= 0.6 is 0 Å². The van der Waals surface area contributed by atoms with E-state index in [1.807, 2.05) is 6.92 Å². The number of ether oxygens (including phenoxy) is 1. The summed E-state index contributed by atoms with van der Waals surface area (Å²) in [5.74, 6) is 1.29. The van der Waals surface area contributed by atoms with Gasteiger partial charge in [0.25, 0.3) is 0 Å². The molecule has 0 aromatic carbocycles. The summed E-state index contributed by atoms with van der Waals surface area (Å²) in [6, 6.07) is -0.676. The Labute approximate surface area is 129 Å². The molecule has 122 valence electrons. The van der Waals surface area contributed by atoms with E-state index in [1.165, 1.54) is 13.5 Å². The molecule has 1 aromatic rings. The molecule has 8 nitrogen and oxygen atoms in total. The Morgan fingerprint density at radius 3 is 2.77 bits per heavy atom. The van der Waals surface area contributed by atoms with Gasteiger partial charge in [-0.3, -0.25) is 4.79 Å². The van der Waals surface area contributed by atoms with Crippen LogP contribution in [0.5, 0.6) is 0 Å². The minimum Gasteiger partial charge on any atom is -0.453 e. The Hall–Kier alpha value is -2.12. The van der Waals surface area contributed by atoms with Crippen LogP contribution in [0.4, 0.5) is 4.79 Å². The van der Waals surface area contributed by atoms with Crippen molar-refractivity contribution in [1.29, 1.82) is 0 Å². The molecule has 1 fully saturated rings. The number of amides is 2. The average Bonchev–Trinajstić information content (AvgIpc) is 2.89. The van der Waals surface area contributed by atoms with E-state index in [0.29, 0.717) is 24.2 Å². The summed E-state index contributed by atoms with van der Waals surface area (Å²) in [6.07, 6.45) is 2.72. The number of likely N-dealkylation sites (N-methyl/N-ethyl adjacent to an activating group) is 1. The van der Waals surface area contributed by atoms with Crippen molar-refractivity contribution in [3.8, 4) is 0 Å². The predicted octanol–water partition coefficient (Wildman–Crippen LogP) is 1.43. The molecule has 2 amide bonds. The third-order valence-electron chi connectivity index (χ3n) is 3.85. The zero-order chi connectivity index (χ0) is 16.1. The van der Waals surface area contributed by atoms with Crippen molar-refractivity contribution < 1.29 is 18.8 Å². The minimum atomic E-state index is -0.676. The second-order valence-corrected chi connectivity index (χ2v) is 5.39. The van der Waals surface area contributed by atoms with Crippen LogP contribution in [0, 0.1) is 0 Å². The molecule has 0 bridgehead atoms. The quantitative estimate of drug-likeness (QED) is 0.853. The largest absolute Gasteiger partial charge is 0.453 e. The maximum absolute atomic E-state index is 12.3. The van der Waals surface area contributed by atoms with Gasteiger partial charge in [0.05, 0.1) is 13.7 Å². The van der Waals surface area contributed by atoms with E-state index in [2.05, 4.69) is 20.2 Å². The summed E-state index contributed by atoms with van der Waals surface area (Å²) in [4.78, 5) is 29.4. The lowest BCUT2D eigenvalue weighted by Gasteiger charge is -2.23. The highest BCUT2D eigenvalue weighted by atomic mass is 16.5. The molecule has 8 heteroatoms. The van der Waals surface area contributed by atoms with E-state index < -0.39 is 12.1 Å². The molecule has 0 spiro atoms. The molecular formula is C14H22N4O4. The van der Waals surface area contributed by atoms with E-state index in [4.69, 9.17) is 4.52 Å². The molecule has 0 saturated heterocycles. The molecular weight excluding hydrogens is 288 g/mol. The fourth-order valence-electron chi connectivity index (χ4n) is 2.24. The van der Waals surface area contributed by atoms with Gasteiger partial charge in [-0.15, -0.1) is 0 Å². The Morgan fingerprint density at radius 1 is 1.50 bits per heavy atom. The van der Waals surface area contributed by atoms with Gasteiger partial charge >= 0.3 is 6.09 Å². The van der Waals surface area contributed by atoms with Gasteiger partial charge in [0, 0.05) is 12.5 Å². The number of hydrogen-bond acceptors (Lipinski definition) is 6. The van der Waals surface area contributed by atoms with E-state index in [0.717, 1.165) is 12.8 Å². The van der Waals surface area contributed by atoms with Crippen LogP contribution in [0.2, 0.25) is 0 Å². The zero-order valence-corrected chi connectivity index (χ0v) is 13.2. The summed E-state index contributed by atoms with van der Waals surface area (Å²) in [6.45, 7) is 4.21. The van der Waals surface area contributed by atoms with E-state index in [9.17, 15) is 9.59 Å². The highest BCUT2D eigenvalue weighted by molar-refractivity contribution is 5.85. The van der Waals surface area contributed by atoms with Crippen LogP contribution in [-0.4, -0.2) is 46.7 Å². The third-order valence-corrected chi connectivity index (χ3v) is 3.85. The normalized spacial score (nSPS) is 15.8.